The van der Waals surface area contributed by atoms with E-state index >= 15 is 0 Å². The van der Waals surface area contributed by atoms with E-state index in [4.69, 9.17) is 4.84 Å². The van der Waals surface area contributed by atoms with Gasteiger partial charge in [-0.05, 0) is 106 Å². The highest BCUT2D eigenvalue weighted by atomic mass is 16.6. The first-order valence-corrected chi connectivity index (χ1v) is 15.1. The molecule has 9 heteroatoms. The minimum absolute atomic E-state index is 0.142. The summed E-state index contributed by atoms with van der Waals surface area (Å²) in [4.78, 5) is 53.7. The lowest BCUT2D eigenvalue weighted by atomic mass is 9.46. The summed E-state index contributed by atoms with van der Waals surface area (Å²) in [5, 5.41) is 18.5. The average molecular weight is 558 g/mol. The van der Waals surface area contributed by atoms with Gasteiger partial charge in [0.1, 0.15) is 17.9 Å². The fourth-order valence-electron chi connectivity index (χ4n) is 8.68. The molecule has 4 aliphatic rings. The molecule has 4 rings (SSSR count). The second kappa shape index (κ2) is 12.0. The highest BCUT2D eigenvalue weighted by Crippen LogP contribution is 2.66. The summed E-state index contributed by atoms with van der Waals surface area (Å²) in [6.45, 7) is 9.61. The molecule has 222 valence electrons. The number of ketones is 1. The largest absolute Gasteiger partial charge is 0.480 e. The van der Waals surface area contributed by atoms with E-state index in [1.807, 2.05) is 6.92 Å². The summed E-state index contributed by atoms with van der Waals surface area (Å²) >= 11 is 0. The number of carbonyl (C=O) groups is 4. The zero-order valence-corrected chi connectivity index (χ0v) is 24.8. The van der Waals surface area contributed by atoms with Crippen LogP contribution >= 0.6 is 0 Å². The van der Waals surface area contributed by atoms with Crippen molar-refractivity contribution in [2.24, 2.45) is 39.7 Å². The van der Waals surface area contributed by atoms with Gasteiger partial charge in [0.05, 0.1) is 5.71 Å². The molecule has 0 saturated heterocycles. The SMILES string of the molecule is CCC[C@H](NC(=O)[C@H](C)NC(=O)CO/N=C1\C=C2CC[C@H]3[C@H]4CC[C@H](C(C)=O)[C@@]4(C)CC[C@H]3[C@@]2(C)CC1)C(=O)O. The Bertz CT molecular complexity index is 1080. The summed E-state index contributed by atoms with van der Waals surface area (Å²) < 4.78 is 0. The number of amides is 2. The molecule has 0 spiro atoms. The van der Waals surface area contributed by atoms with Crippen molar-refractivity contribution < 1.29 is 29.1 Å². The third-order valence-electron chi connectivity index (χ3n) is 10.8. The Balaban J connectivity index is 1.31. The Labute approximate surface area is 237 Å². The molecule has 0 radical (unpaired) electrons. The van der Waals surface area contributed by atoms with Gasteiger partial charge in [0.2, 0.25) is 5.91 Å². The van der Waals surface area contributed by atoms with Gasteiger partial charge in [0, 0.05) is 5.92 Å². The van der Waals surface area contributed by atoms with Crippen LogP contribution in [0.5, 0.6) is 0 Å². The quantitative estimate of drug-likeness (QED) is 0.341. The van der Waals surface area contributed by atoms with Crippen molar-refractivity contribution in [3.8, 4) is 0 Å². The van der Waals surface area contributed by atoms with E-state index in [1.54, 1.807) is 6.92 Å². The molecular formula is C31H47N3O6. The van der Waals surface area contributed by atoms with E-state index in [1.165, 1.54) is 25.3 Å². The minimum atomic E-state index is -1.10. The third kappa shape index (κ3) is 5.84. The monoisotopic (exact) mass is 557 g/mol. The van der Waals surface area contributed by atoms with Gasteiger partial charge in [-0.25, -0.2) is 4.79 Å². The fourth-order valence-corrected chi connectivity index (χ4v) is 8.68. The number of nitrogens with zero attached hydrogens (tertiary/aromatic N) is 1. The molecule has 3 N–H and O–H groups in total. The second-order valence-electron chi connectivity index (χ2n) is 13.1. The molecule has 3 saturated carbocycles. The number of hydrogen-bond acceptors (Lipinski definition) is 6. The molecule has 40 heavy (non-hydrogen) atoms. The van der Waals surface area contributed by atoms with Crippen molar-refractivity contribution in [2.45, 2.75) is 111 Å². The highest BCUT2D eigenvalue weighted by Gasteiger charge is 2.59. The zero-order valence-electron chi connectivity index (χ0n) is 24.8. The van der Waals surface area contributed by atoms with Crippen LogP contribution in [0.1, 0.15) is 98.8 Å². The van der Waals surface area contributed by atoms with Crippen molar-refractivity contribution in [1.29, 1.82) is 0 Å². The highest BCUT2D eigenvalue weighted by molar-refractivity contribution is 5.96. The molecule has 3 fully saturated rings. The van der Waals surface area contributed by atoms with Gasteiger partial charge in [0.25, 0.3) is 5.91 Å². The first-order valence-electron chi connectivity index (χ1n) is 15.1. The number of carbonyl (C=O) groups excluding carboxylic acids is 3. The van der Waals surface area contributed by atoms with E-state index in [0.717, 1.165) is 44.2 Å². The van der Waals surface area contributed by atoms with Crippen LogP contribution in [0, 0.1) is 34.5 Å². The van der Waals surface area contributed by atoms with Crippen LogP contribution in [0.25, 0.3) is 0 Å². The molecule has 0 aromatic heterocycles. The number of carboxylic acid groups (broad SMARTS) is 1. The number of Topliss-reactive ketones (excluding diaryl/α,β-unsaturated/α-hetero) is 1. The van der Waals surface area contributed by atoms with Crippen LogP contribution in [-0.4, -0.2) is 53.1 Å². The maximum atomic E-state index is 12.4. The Morgan fingerprint density at radius 3 is 2.50 bits per heavy atom. The van der Waals surface area contributed by atoms with Crippen LogP contribution in [0.4, 0.5) is 0 Å². The van der Waals surface area contributed by atoms with E-state index in [-0.39, 0.29) is 23.4 Å². The molecule has 0 bridgehead atoms. The number of nitrogens with one attached hydrogen (secondary N) is 2. The van der Waals surface area contributed by atoms with Crippen LogP contribution in [0.15, 0.2) is 16.8 Å². The lowest BCUT2D eigenvalue weighted by molar-refractivity contribution is -0.142. The fraction of sp³-hybridized carbons (Fsp3) is 0.774. The average Bonchev–Trinajstić information content (AvgIpc) is 3.26. The lowest BCUT2D eigenvalue weighted by Crippen LogP contribution is -2.51. The van der Waals surface area contributed by atoms with Gasteiger partial charge in [-0.2, -0.15) is 0 Å². The number of fused-ring (bicyclic) bond motifs is 5. The first kappa shape index (κ1) is 30.3. The van der Waals surface area contributed by atoms with Crippen LogP contribution < -0.4 is 10.6 Å². The molecule has 4 aliphatic carbocycles. The Hall–Kier alpha value is -2.71. The van der Waals surface area contributed by atoms with Gasteiger partial charge in [-0.1, -0.05) is 37.9 Å². The van der Waals surface area contributed by atoms with Gasteiger partial charge >= 0.3 is 5.97 Å². The smallest absolute Gasteiger partial charge is 0.326 e. The summed E-state index contributed by atoms with van der Waals surface area (Å²) in [5.74, 6) is 0.407. The Morgan fingerprint density at radius 2 is 1.82 bits per heavy atom. The predicted molar refractivity (Wildman–Crippen MR) is 151 cm³/mol. The number of oxime groups is 1. The molecule has 0 unspecified atom stereocenters. The molecule has 2 amide bonds. The number of aliphatic carboxylic acids is 1. The minimum Gasteiger partial charge on any atom is -0.480 e. The number of carboxylic acids is 1. The Kier molecular flexibility index (Phi) is 9.10. The molecule has 9 nitrogen and oxygen atoms in total. The van der Waals surface area contributed by atoms with Crippen molar-refractivity contribution in [1.82, 2.24) is 10.6 Å². The topological polar surface area (TPSA) is 134 Å². The molecule has 0 aromatic carbocycles. The van der Waals surface area contributed by atoms with Gasteiger partial charge < -0.3 is 20.6 Å². The number of rotatable bonds is 10. The molecule has 0 aromatic rings. The molecular weight excluding hydrogens is 510 g/mol. The summed E-state index contributed by atoms with van der Waals surface area (Å²) in [7, 11) is 0. The zero-order chi connectivity index (χ0) is 29.2. The van der Waals surface area contributed by atoms with E-state index in [2.05, 4.69) is 35.7 Å². The van der Waals surface area contributed by atoms with Gasteiger partial charge in [-0.15, -0.1) is 0 Å². The van der Waals surface area contributed by atoms with Crippen LogP contribution in [0.3, 0.4) is 0 Å². The normalized spacial score (nSPS) is 35.3. The maximum Gasteiger partial charge on any atom is 0.326 e. The number of hydrogen-bond donors (Lipinski definition) is 3. The van der Waals surface area contributed by atoms with Gasteiger partial charge in [0.15, 0.2) is 6.61 Å². The second-order valence-corrected chi connectivity index (χ2v) is 13.1. The van der Waals surface area contributed by atoms with E-state index < -0.39 is 29.9 Å². The van der Waals surface area contributed by atoms with E-state index in [9.17, 15) is 24.3 Å². The standard InChI is InChI=1S/C31H47N3O6/c1-6-7-26(29(38)39)33-28(37)18(2)32-27(36)17-40-34-21-12-14-30(4)20(16-21)8-9-22-24-11-10-23(19(3)35)31(24,5)15-13-25(22)30/h16,18,22-26H,6-15,17H2,1-5H3,(H,32,36)(H,33,37)(H,38,39)/b34-21-/t18-,22-,23+,24+,25+,26-,30-,31+/m0/s1. The van der Waals surface area contributed by atoms with Crippen molar-refractivity contribution >= 4 is 29.3 Å². The van der Waals surface area contributed by atoms with Crippen molar-refractivity contribution in [3.05, 3.63) is 11.6 Å². The lowest BCUT2D eigenvalue weighted by Gasteiger charge is -2.58. The van der Waals surface area contributed by atoms with Crippen LogP contribution in [0.2, 0.25) is 0 Å². The first-order chi connectivity index (χ1) is 18.9. The summed E-state index contributed by atoms with van der Waals surface area (Å²) in [6, 6.07) is -1.87. The maximum absolute atomic E-state index is 12.4. The van der Waals surface area contributed by atoms with Crippen molar-refractivity contribution in [3.63, 3.8) is 0 Å². The van der Waals surface area contributed by atoms with Crippen molar-refractivity contribution in [2.75, 3.05) is 6.61 Å². The predicted octanol–water partition coefficient (Wildman–Crippen LogP) is 4.40. The molecule has 0 heterocycles. The van der Waals surface area contributed by atoms with Crippen LogP contribution in [-0.2, 0) is 24.0 Å². The third-order valence-corrected chi connectivity index (χ3v) is 10.8. The Morgan fingerprint density at radius 1 is 1.07 bits per heavy atom. The molecule has 0 aliphatic heterocycles. The molecule has 8 atom stereocenters. The number of allylic oxidation sites excluding steroid dienone is 2. The van der Waals surface area contributed by atoms with E-state index in [0.29, 0.717) is 36.4 Å². The summed E-state index contributed by atoms with van der Waals surface area (Å²) in [5.41, 5.74) is 2.57. The summed E-state index contributed by atoms with van der Waals surface area (Å²) in [6.07, 6.45) is 11.6. The van der Waals surface area contributed by atoms with Gasteiger partial charge in [-0.3, -0.25) is 14.4 Å².